The molecule has 1 aliphatic carbocycles. The van der Waals surface area contributed by atoms with Crippen LogP contribution in [-0.4, -0.2) is 50.9 Å². The average Bonchev–Trinajstić information content (AvgIpc) is 3.00. The van der Waals surface area contributed by atoms with Gasteiger partial charge in [-0.15, -0.1) is 0 Å². The number of ether oxygens (including phenoxy) is 1. The molecule has 0 radical (unpaired) electrons. The lowest BCUT2D eigenvalue weighted by atomic mass is 9.95. The molecule has 0 heterocycles. The fourth-order valence-corrected chi connectivity index (χ4v) is 6.49. The summed E-state index contributed by atoms with van der Waals surface area (Å²) in [6.45, 7) is 2.67. The van der Waals surface area contributed by atoms with E-state index >= 15 is 0 Å². The lowest BCUT2D eigenvalue weighted by Crippen LogP contribution is -2.53. The highest BCUT2D eigenvalue weighted by Gasteiger charge is 2.33. The predicted octanol–water partition coefficient (Wildman–Crippen LogP) is 5.20. The Bertz CT molecular complexity index is 1470. The second-order valence-corrected chi connectivity index (χ2v) is 12.5. The van der Waals surface area contributed by atoms with Crippen molar-refractivity contribution in [2.24, 2.45) is 0 Å². The molecular formula is C32H38FN3O5S. The molecule has 2 amide bonds. The molecule has 1 atom stereocenters. The summed E-state index contributed by atoms with van der Waals surface area (Å²) in [6.07, 6.45) is 4.89. The van der Waals surface area contributed by atoms with Gasteiger partial charge in [0.05, 0.1) is 17.7 Å². The maximum absolute atomic E-state index is 14.7. The number of carbonyl (C=O) groups is 2. The molecule has 0 saturated heterocycles. The molecule has 0 aliphatic heterocycles. The Hall–Kier alpha value is -3.92. The summed E-state index contributed by atoms with van der Waals surface area (Å²) in [5, 5.41) is 3.04. The molecule has 4 rings (SSSR count). The van der Waals surface area contributed by atoms with Gasteiger partial charge in [-0.2, -0.15) is 0 Å². The van der Waals surface area contributed by atoms with Crippen LogP contribution in [0.2, 0.25) is 0 Å². The standard InChI is InChI=1S/C32H38FN3O5S/c1-23-13-15-27(16-14-23)36(42(39,40)29-19-17-28(41-3)18-20-29)22-31(37)35(21-25-9-7-8-12-30(25)33)24(2)32(38)34-26-10-5-4-6-11-26/h7-9,12-20,24,26H,4-6,10-11,21-22H2,1-3H3,(H,34,38)/t24-/m1/s1. The summed E-state index contributed by atoms with van der Waals surface area (Å²) in [7, 11) is -2.73. The number of benzene rings is 3. The molecule has 1 fully saturated rings. The monoisotopic (exact) mass is 595 g/mol. The first-order chi connectivity index (χ1) is 20.1. The first-order valence-electron chi connectivity index (χ1n) is 14.2. The molecular weight excluding hydrogens is 557 g/mol. The van der Waals surface area contributed by atoms with Gasteiger partial charge in [-0.05, 0) is 69.2 Å². The average molecular weight is 596 g/mol. The van der Waals surface area contributed by atoms with E-state index < -0.39 is 34.3 Å². The van der Waals surface area contributed by atoms with Gasteiger partial charge in [0.2, 0.25) is 11.8 Å². The fraction of sp³-hybridized carbons (Fsp3) is 0.375. The number of rotatable bonds is 11. The number of sulfonamides is 1. The SMILES string of the molecule is COc1ccc(S(=O)(=O)N(CC(=O)N(Cc2ccccc2F)[C@H](C)C(=O)NC2CCCCC2)c2ccc(C)cc2)cc1. The molecule has 224 valence electrons. The third-order valence-electron chi connectivity index (χ3n) is 7.67. The van der Waals surface area contributed by atoms with Crippen LogP contribution in [0.25, 0.3) is 0 Å². The number of hydrogen-bond donors (Lipinski definition) is 1. The van der Waals surface area contributed by atoms with E-state index in [-0.39, 0.29) is 34.6 Å². The number of anilines is 1. The van der Waals surface area contributed by atoms with Crippen molar-refractivity contribution < 1.29 is 27.1 Å². The summed E-state index contributed by atoms with van der Waals surface area (Å²) in [6, 6.07) is 17.7. The van der Waals surface area contributed by atoms with Crippen molar-refractivity contribution in [1.29, 1.82) is 0 Å². The van der Waals surface area contributed by atoms with Crippen LogP contribution in [0.15, 0.2) is 77.7 Å². The van der Waals surface area contributed by atoms with Gasteiger partial charge in [0.25, 0.3) is 10.0 Å². The van der Waals surface area contributed by atoms with E-state index in [0.29, 0.717) is 5.75 Å². The van der Waals surface area contributed by atoms with Crippen LogP contribution in [0.1, 0.15) is 50.2 Å². The second-order valence-electron chi connectivity index (χ2n) is 10.7. The van der Waals surface area contributed by atoms with Gasteiger partial charge < -0.3 is 15.0 Å². The van der Waals surface area contributed by atoms with Crippen LogP contribution < -0.4 is 14.4 Å². The van der Waals surface area contributed by atoms with Gasteiger partial charge in [-0.3, -0.25) is 13.9 Å². The number of nitrogens with one attached hydrogen (secondary N) is 1. The highest BCUT2D eigenvalue weighted by atomic mass is 32.2. The third kappa shape index (κ3) is 7.47. The van der Waals surface area contributed by atoms with Gasteiger partial charge in [0, 0.05) is 18.2 Å². The van der Waals surface area contributed by atoms with Crippen molar-refractivity contribution in [3.63, 3.8) is 0 Å². The molecule has 1 N–H and O–H groups in total. The number of nitrogens with zero attached hydrogens (tertiary/aromatic N) is 2. The van der Waals surface area contributed by atoms with Crippen LogP contribution in [0.4, 0.5) is 10.1 Å². The number of amides is 2. The highest BCUT2D eigenvalue weighted by molar-refractivity contribution is 7.92. The minimum Gasteiger partial charge on any atom is -0.497 e. The van der Waals surface area contributed by atoms with Crippen LogP contribution in [0.3, 0.4) is 0 Å². The summed E-state index contributed by atoms with van der Waals surface area (Å²) in [5.41, 5.74) is 1.43. The molecule has 10 heteroatoms. The van der Waals surface area contributed by atoms with Gasteiger partial charge in [0.1, 0.15) is 24.2 Å². The zero-order valence-corrected chi connectivity index (χ0v) is 25.1. The first-order valence-corrected chi connectivity index (χ1v) is 15.6. The van der Waals surface area contributed by atoms with Gasteiger partial charge in [0.15, 0.2) is 0 Å². The topological polar surface area (TPSA) is 96.0 Å². The summed E-state index contributed by atoms with van der Waals surface area (Å²) >= 11 is 0. The number of carbonyl (C=O) groups excluding carboxylic acids is 2. The normalized spacial score (nSPS) is 14.6. The zero-order chi connectivity index (χ0) is 30.3. The lowest BCUT2D eigenvalue weighted by molar-refractivity contribution is -0.139. The van der Waals surface area contributed by atoms with Crippen molar-refractivity contribution in [1.82, 2.24) is 10.2 Å². The molecule has 8 nitrogen and oxygen atoms in total. The molecule has 1 aliphatic rings. The van der Waals surface area contributed by atoms with E-state index in [4.69, 9.17) is 4.74 Å². The quantitative estimate of drug-likeness (QED) is 0.329. The number of halogens is 1. The minimum absolute atomic E-state index is 0.0126. The Labute approximate surface area is 247 Å². The van der Waals surface area contributed by atoms with E-state index in [0.717, 1.165) is 42.0 Å². The molecule has 3 aromatic rings. The van der Waals surface area contributed by atoms with Crippen LogP contribution >= 0.6 is 0 Å². The zero-order valence-electron chi connectivity index (χ0n) is 24.3. The molecule has 42 heavy (non-hydrogen) atoms. The maximum Gasteiger partial charge on any atom is 0.264 e. The Kier molecular flexibility index (Phi) is 10.2. The van der Waals surface area contributed by atoms with E-state index in [2.05, 4.69) is 5.32 Å². The summed E-state index contributed by atoms with van der Waals surface area (Å²) in [4.78, 5) is 28.6. The van der Waals surface area contributed by atoms with Crippen LogP contribution in [0, 0.1) is 12.7 Å². The predicted molar refractivity (Wildman–Crippen MR) is 160 cm³/mol. The molecule has 0 unspecified atom stereocenters. The van der Waals surface area contributed by atoms with E-state index in [1.165, 1.54) is 42.3 Å². The lowest BCUT2D eigenvalue weighted by Gasteiger charge is -2.33. The Morgan fingerprint density at radius 2 is 1.62 bits per heavy atom. The van der Waals surface area contributed by atoms with Crippen molar-refractivity contribution >= 4 is 27.5 Å². The van der Waals surface area contributed by atoms with Crippen molar-refractivity contribution in [2.75, 3.05) is 18.0 Å². The Morgan fingerprint density at radius 1 is 0.976 bits per heavy atom. The van der Waals surface area contributed by atoms with Crippen LogP contribution in [0.5, 0.6) is 5.75 Å². The van der Waals surface area contributed by atoms with Crippen molar-refractivity contribution in [3.8, 4) is 5.75 Å². The highest BCUT2D eigenvalue weighted by Crippen LogP contribution is 2.27. The number of methoxy groups -OCH3 is 1. The number of aryl methyl sites for hydroxylation is 1. The minimum atomic E-state index is -4.21. The Morgan fingerprint density at radius 3 is 2.24 bits per heavy atom. The molecule has 3 aromatic carbocycles. The largest absolute Gasteiger partial charge is 0.497 e. The van der Waals surface area contributed by atoms with E-state index in [9.17, 15) is 22.4 Å². The van der Waals surface area contributed by atoms with Gasteiger partial charge in [-0.1, -0.05) is 55.2 Å². The fourth-order valence-electron chi connectivity index (χ4n) is 5.08. The summed E-state index contributed by atoms with van der Waals surface area (Å²) < 4.78 is 48.8. The maximum atomic E-state index is 14.7. The second kappa shape index (κ2) is 13.8. The molecule has 0 spiro atoms. The van der Waals surface area contributed by atoms with E-state index in [1.54, 1.807) is 49.4 Å². The smallest absolute Gasteiger partial charge is 0.264 e. The van der Waals surface area contributed by atoms with Crippen molar-refractivity contribution in [3.05, 3.63) is 89.7 Å². The van der Waals surface area contributed by atoms with Crippen LogP contribution in [-0.2, 0) is 26.2 Å². The first kappa shape index (κ1) is 31.0. The molecule has 0 bridgehead atoms. The van der Waals surface area contributed by atoms with Gasteiger partial charge >= 0.3 is 0 Å². The van der Waals surface area contributed by atoms with Crippen molar-refractivity contribution in [2.45, 2.75) is 69.5 Å². The molecule has 1 saturated carbocycles. The third-order valence-corrected chi connectivity index (χ3v) is 9.45. The summed E-state index contributed by atoms with van der Waals surface area (Å²) in [5.74, 6) is -1.02. The Balaban J connectivity index is 1.68. The number of hydrogen-bond acceptors (Lipinski definition) is 5. The van der Waals surface area contributed by atoms with E-state index in [1.807, 2.05) is 6.92 Å². The molecule has 0 aromatic heterocycles. The van der Waals surface area contributed by atoms with Gasteiger partial charge in [-0.25, -0.2) is 12.8 Å².